The Morgan fingerprint density at radius 1 is 0.969 bits per heavy atom. The van der Waals surface area contributed by atoms with Crippen LogP contribution in [0.4, 0.5) is 0 Å². The van der Waals surface area contributed by atoms with Gasteiger partial charge in [0, 0.05) is 5.69 Å². The first-order valence-corrected chi connectivity index (χ1v) is 14.2. The Bertz CT molecular complexity index is 832. The zero-order valence-electron chi connectivity index (χ0n) is 21.3. The van der Waals surface area contributed by atoms with Crippen LogP contribution in [0.15, 0.2) is 12.1 Å². The lowest BCUT2D eigenvalue weighted by Crippen LogP contribution is -2.54. The Kier molecular flexibility index (Phi) is 6.22. The van der Waals surface area contributed by atoms with Crippen molar-refractivity contribution in [2.45, 2.75) is 105 Å². The molecule has 0 bridgehead atoms. The van der Waals surface area contributed by atoms with Gasteiger partial charge in [0.1, 0.15) is 5.15 Å². The van der Waals surface area contributed by atoms with Gasteiger partial charge < -0.3 is 0 Å². The second-order valence-electron chi connectivity index (χ2n) is 13.3. The van der Waals surface area contributed by atoms with Crippen molar-refractivity contribution in [1.29, 1.82) is 0 Å². The Morgan fingerprint density at radius 3 is 2.53 bits per heavy atom. The topological polar surface area (TPSA) is 12.9 Å². The molecule has 0 N–H and O–H groups in total. The minimum atomic E-state index is 0.466. The Balaban J connectivity index is 1.34. The van der Waals surface area contributed by atoms with Crippen LogP contribution in [0.3, 0.4) is 0 Å². The molecule has 0 aliphatic heterocycles. The van der Waals surface area contributed by atoms with Gasteiger partial charge in [-0.1, -0.05) is 71.5 Å². The third-order valence-electron chi connectivity index (χ3n) is 11.3. The van der Waals surface area contributed by atoms with E-state index in [2.05, 4.69) is 40.7 Å². The molecule has 0 spiro atoms. The van der Waals surface area contributed by atoms with E-state index in [0.29, 0.717) is 16.0 Å². The first-order valence-electron chi connectivity index (χ1n) is 13.9. The third kappa shape index (κ3) is 3.77. The predicted molar refractivity (Wildman–Crippen MR) is 136 cm³/mol. The minimum Gasteiger partial charge on any atom is -0.241 e. The highest BCUT2D eigenvalue weighted by atomic mass is 35.5. The number of nitrogens with zero attached hydrogens (tertiary/aromatic N) is 1. The van der Waals surface area contributed by atoms with Crippen molar-refractivity contribution in [2.75, 3.05) is 0 Å². The van der Waals surface area contributed by atoms with Crippen LogP contribution in [0.25, 0.3) is 0 Å². The summed E-state index contributed by atoms with van der Waals surface area (Å²) < 4.78 is 0. The highest BCUT2D eigenvalue weighted by Gasteiger charge is 2.60. The number of fused-ring (bicyclic) bond motifs is 6. The van der Waals surface area contributed by atoms with Gasteiger partial charge in [-0.2, -0.15) is 0 Å². The molecule has 0 radical (unpaired) electrons. The molecule has 178 valence electrons. The average Bonchev–Trinajstić information content (AvgIpc) is 3.09. The molecular formula is C30H46ClN. The fourth-order valence-corrected chi connectivity index (χ4v) is 9.82. The Morgan fingerprint density at radius 2 is 1.75 bits per heavy atom. The van der Waals surface area contributed by atoms with Gasteiger partial charge >= 0.3 is 0 Å². The maximum absolute atomic E-state index is 6.25. The highest BCUT2D eigenvalue weighted by Crippen LogP contribution is 2.67. The molecule has 3 saturated carbocycles. The summed E-state index contributed by atoms with van der Waals surface area (Å²) in [6, 6.07) is 4.30. The smallest absolute Gasteiger partial charge is 0.129 e. The first kappa shape index (κ1) is 23.2. The first-order chi connectivity index (χ1) is 15.2. The summed E-state index contributed by atoms with van der Waals surface area (Å²) >= 11 is 6.25. The summed E-state index contributed by atoms with van der Waals surface area (Å²) in [6.45, 7) is 12.7. The van der Waals surface area contributed by atoms with Gasteiger partial charge in [-0.05, 0) is 115 Å². The van der Waals surface area contributed by atoms with Gasteiger partial charge in [0.05, 0.1) is 0 Å². The van der Waals surface area contributed by atoms with E-state index < -0.39 is 0 Å². The summed E-state index contributed by atoms with van der Waals surface area (Å²) in [5, 5.41) is 0.675. The number of aromatic nitrogens is 1. The predicted octanol–water partition coefficient (Wildman–Crippen LogP) is 8.77. The monoisotopic (exact) mass is 455 g/mol. The van der Waals surface area contributed by atoms with Gasteiger partial charge in [0.2, 0.25) is 0 Å². The van der Waals surface area contributed by atoms with Crippen LogP contribution in [0, 0.1) is 52.3 Å². The maximum Gasteiger partial charge on any atom is 0.129 e. The van der Waals surface area contributed by atoms with E-state index in [0.717, 1.165) is 47.8 Å². The molecule has 0 amide bonds. The van der Waals surface area contributed by atoms with Gasteiger partial charge in [-0.3, -0.25) is 0 Å². The van der Waals surface area contributed by atoms with Crippen LogP contribution in [-0.2, 0) is 12.8 Å². The quantitative estimate of drug-likeness (QED) is 0.404. The van der Waals surface area contributed by atoms with E-state index in [-0.39, 0.29) is 0 Å². The number of pyridine rings is 1. The normalized spacial score (nSPS) is 41.5. The third-order valence-corrected chi connectivity index (χ3v) is 11.5. The van der Waals surface area contributed by atoms with E-state index in [1.54, 1.807) is 0 Å². The van der Waals surface area contributed by atoms with Crippen molar-refractivity contribution < 1.29 is 0 Å². The van der Waals surface area contributed by atoms with Gasteiger partial charge in [-0.15, -0.1) is 0 Å². The summed E-state index contributed by atoms with van der Waals surface area (Å²) in [6.07, 6.45) is 15.5. The maximum atomic E-state index is 6.25. The molecule has 1 aromatic heterocycles. The Hall–Kier alpha value is -0.560. The summed E-state index contributed by atoms with van der Waals surface area (Å²) in [7, 11) is 0. The van der Waals surface area contributed by atoms with Crippen LogP contribution < -0.4 is 0 Å². The number of halogens is 1. The molecule has 0 aromatic carbocycles. The molecule has 32 heavy (non-hydrogen) atoms. The highest BCUT2D eigenvalue weighted by molar-refractivity contribution is 6.29. The molecule has 1 aromatic rings. The molecule has 2 heteroatoms. The molecule has 8 unspecified atom stereocenters. The van der Waals surface area contributed by atoms with E-state index in [1.165, 1.54) is 75.5 Å². The van der Waals surface area contributed by atoms with Crippen molar-refractivity contribution in [3.05, 3.63) is 28.5 Å². The number of hydrogen-bond donors (Lipinski definition) is 0. The minimum absolute atomic E-state index is 0.466. The lowest BCUT2D eigenvalue weighted by Gasteiger charge is -2.60. The second kappa shape index (κ2) is 8.58. The molecule has 4 aliphatic rings. The molecule has 1 nitrogen and oxygen atoms in total. The van der Waals surface area contributed by atoms with Crippen molar-refractivity contribution >= 4 is 11.6 Å². The summed E-state index contributed by atoms with van der Waals surface area (Å²) in [5.74, 6) is 6.38. The van der Waals surface area contributed by atoms with Crippen molar-refractivity contribution in [1.82, 2.24) is 4.98 Å². The standard InChI is InChI=1S/C30H46ClN/c1-19(2)7-6-8-20(3)24-12-13-25-23-11-10-22-17-27-21(9-14-28(31)32-27)18-30(22,5)26(23)15-16-29(24,25)4/h9,14,19-20,22-26H,6-8,10-13,15-18H2,1-5H3. The second-order valence-corrected chi connectivity index (χ2v) is 13.7. The molecule has 8 atom stereocenters. The zero-order valence-corrected chi connectivity index (χ0v) is 22.1. The molecule has 1 heterocycles. The summed E-state index contributed by atoms with van der Waals surface area (Å²) in [5.41, 5.74) is 3.86. The van der Waals surface area contributed by atoms with Crippen molar-refractivity contribution in [3.8, 4) is 0 Å². The lowest BCUT2D eigenvalue weighted by molar-refractivity contribution is -0.103. The van der Waals surface area contributed by atoms with E-state index in [9.17, 15) is 0 Å². The molecule has 3 fully saturated rings. The van der Waals surface area contributed by atoms with Crippen LogP contribution in [-0.4, -0.2) is 4.98 Å². The Labute approximate surface area is 202 Å². The average molecular weight is 456 g/mol. The fourth-order valence-electron chi connectivity index (χ4n) is 9.66. The number of rotatable bonds is 5. The van der Waals surface area contributed by atoms with E-state index in [4.69, 9.17) is 16.6 Å². The van der Waals surface area contributed by atoms with Crippen LogP contribution >= 0.6 is 11.6 Å². The lowest BCUT2D eigenvalue weighted by atomic mass is 9.44. The van der Waals surface area contributed by atoms with Crippen molar-refractivity contribution in [2.24, 2.45) is 52.3 Å². The largest absolute Gasteiger partial charge is 0.241 e. The fraction of sp³-hybridized carbons (Fsp3) is 0.833. The molecular weight excluding hydrogens is 410 g/mol. The van der Waals surface area contributed by atoms with Gasteiger partial charge in [0.25, 0.3) is 0 Å². The molecule has 0 saturated heterocycles. The number of hydrogen-bond acceptors (Lipinski definition) is 1. The van der Waals surface area contributed by atoms with Crippen molar-refractivity contribution in [3.63, 3.8) is 0 Å². The van der Waals surface area contributed by atoms with Crippen LogP contribution in [0.1, 0.15) is 104 Å². The van der Waals surface area contributed by atoms with Gasteiger partial charge in [0.15, 0.2) is 0 Å². The molecule has 5 rings (SSSR count). The SMILES string of the molecule is CC(C)CCCC(C)C1CCC2C3CCC4Cc5nc(Cl)ccc5CC4(C)C3CCC12C. The van der Waals surface area contributed by atoms with Crippen LogP contribution in [0.2, 0.25) is 5.15 Å². The van der Waals surface area contributed by atoms with Crippen LogP contribution in [0.5, 0.6) is 0 Å². The van der Waals surface area contributed by atoms with E-state index >= 15 is 0 Å². The van der Waals surface area contributed by atoms with E-state index in [1.807, 2.05) is 6.07 Å². The molecule has 4 aliphatic carbocycles. The van der Waals surface area contributed by atoms with Gasteiger partial charge in [-0.25, -0.2) is 4.98 Å². The summed E-state index contributed by atoms with van der Waals surface area (Å²) in [4.78, 5) is 4.73. The zero-order chi connectivity index (χ0) is 22.7.